The Morgan fingerprint density at radius 2 is 1.86 bits per heavy atom. The average Bonchev–Trinajstić information content (AvgIpc) is 3.38. The number of hydrogen-bond acceptors (Lipinski definition) is 3. The van der Waals surface area contributed by atoms with Crippen LogP contribution in [0.5, 0.6) is 0 Å². The van der Waals surface area contributed by atoms with Crippen LogP contribution in [-0.4, -0.2) is 15.5 Å². The summed E-state index contributed by atoms with van der Waals surface area (Å²) in [5, 5.41) is 5.19. The van der Waals surface area contributed by atoms with E-state index in [0.717, 1.165) is 38.2 Å². The van der Waals surface area contributed by atoms with E-state index in [-0.39, 0.29) is 5.91 Å². The molecule has 1 N–H and O–H groups in total. The molecular formula is C30H29N3OS. The van der Waals surface area contributed by atoms with Crippen molar-refractivity contribution in [2.75, 3.05) is 5.32 Å². The number of anilines is 1. The highest BCUT2D eigenvalue weighted by Crippen LogP contribution is 2.32. The number of allylic oxidation sites excluding steroid dienone is 1. The number of aryl methyl sites for hydroxylation is 2. The van der Waals surface area contributed by atoms with E-state index in [4.69, 9.17) is 4.98 Å². The van der Waals surface area contributed by atoms with Gasteiger partial charge in [-0.3, -0.25) is 4.79 Å². The molecule has 0 aliphatic rings. The van der Waals surface area contributed by atoms with Crippen molar-refractivity contribution in [2.24, 2.45) is 0 Å². The number of fused-ring (bicyclic) bond motifs is 2. The smallest absolute Gasteiger partial charge is 0.272 e. The van der Waals surface area contributed by atoms with Crippen LogP contribution in [0.3, 0.4) is 0 Å². The van der Waals surface area contributed by atoms with Gasteiger partial charge in [-0.05, 0) is 85.0 Å². The maximum Gasteiger partial charge on any atom is 0.272 e. The molecule has 5 rings (SSSR count). The normalized spacial score (nSPS) is 11.5. The first-order valence-corrected chi connectivity index (χ1v) is 12.7. The molecule has 0 bridgehead atoms. The summed E-state index contributed by atoms with van der Waals surface area (Å²) in [5.41, 5.74) is 8.03. The van der Waals surface area contributed by atoms with Crippen LogP contribution < -0.4 is 5.32 Å². The van der Waals surface area contributed by atoms with E-state index in [9.17, 15) is 4.79 Å². The van der Waals surface area contributed by atoms with Gasteiger partial charge >= 0.3 is 0 Å². The second-order valence-corrected chi connectivity index (χ2v) is 10.4. The predicted octanol–water partition coefficient (Wildman–Crippen LogP) is 8.10. The van der Waals surface area contributed by atoms with Crippen molar-refractivity contribution in [2.45, 2.75) is 40.2 Å². The van der Waals surface area contributed by atoms with Gasteiger partial charge in [0, 0.05) is 28.7 Å². The molecule has 2 heterocycles. The lowest BCUT2D eigenvalue weighted by Crippen LogP contribution is -2.18. The Morgan fingerprint density at radius 3 is 2.57 bits per heavy atom. The highest BCUT2D eigenvalue weighted by atomic mass is 32.1. The summed E-state index contributed by atoms with van der Waals surface area (Å²) in [6, 6.07) is 20.7. The highest BCUT2D eigenvalue weighted by molar-refractivity contribution is 7.21. The predicted molar refractivity (Wildman–Crippen MR) is 149 cm³/mol. The van der Waals surface area contributed by atoms with E-state index in [1.807, 2.05) is 37.3 Å². The molecule has 0 saturated heterocycles. The first kappa shape index (κ1) is 23.1. The molecule has 0 saturated carbocycles. The van der Waals surface area contributed by atoms with Gasteiger partial charge in [-0.2, -0.15) is 0 Å². The molecule has 1 amide bonds. The monoisotopic (exact) mass is 479 g/mol. The Hall–Kier alpha value is -3.70. The molecular weight excluding hydrogens is 450 g/mol. The Balaban J connectivity index is 1.44. The van der Waals surface area contributed by atoms with Gasteiger partial charge < -0.3 is 9.88 Å². The Kier molecular flexibility index (Phi) is 6.03. The number of amides is 1. The summed E-state index contributed by atoms with van der Waals surface area (Å²) in [5.74, 6) is 0.312. The zero-order chi connectivity index (χ0) is 24.7. The summed E-state index contributed by atoms with van der Waals surface area (Å²) < 4.78 is 3.23. The maximum atomic E-state index is 13.4. The summed E-state index contributed by atoms with van der Waals surface area (Å²) in [7, 11) is 0. The number of carbonyl (C=O) groups excluding carboxylic acids is 1. The molecule has 5 aromatic rings. The number of benzene rings is 3. The lowest BCUT2D eigenvalue weighted by molar-refractivity contribution is 0.101. The van der Waals surface area contributed by atoms with Gasteiger partial charge in [0.2, 0.25) is 0 Å². The first-order chi connectivity index (χ1) is 16.9. The van der Waals surface area contributed by atoms with Crippen LogP contribution in [0, 0.1) is 13.8 Å². The molecule has 5 heteroatoms. The zero-order valence-electron chi connectivity index (χ0n) is 20.6. The van der Waals surface area contributed by atoms with Gasteiger partial charge in [0.05, 0.1) is 10.2 Å². The van der Waals surface area contributed by atoms with E-state index in [1.54, 1.807) is 11.3 Å². The molecule has 176 valence electrons. The van der Waals surface area contributed by atoms with E-state index in [1.165, 1.54) is 15.8 Å². The van der Waals surface area contributed by atoms with Gasteiger partial charge in [0.25, 0.3) is 5.91 Å². The standard InChI is InChI=1S/C30H29N3OS/c1-6-15-33-26-14-10-22(18(2)3)17-24(26)20(5)28(33)29(34)31-23-11-8-21(9-12-23)30-32-25-13-7-19(4)16-27(25)35-30/h6-14,16-18H,1,15H2,2-5H3,(H,31,34). The zero-order valence-corrected chi connectivity index (χ0v) is 21.4. The van der Waals surface area contributed by atoms with Crippen molar-refractivity contribution in [3.63, 3.8) is 0 Å². The molecule has 0 spiro atoms. The third kappa shape index (κ3) is 4.28. The fourth-order valence-corrected chi connectivity index (χ4v) is 5.62. The van der Waals surface area contributed by atoms with Crippen molar-refractivity contribution in [3.05, 3.63) is 95.7 Å². The third-order valence-corrected chi connectivity index (χ3v) is 7.53. The van der Waals surface area contributed by atoms with Crippen LogP contribution in [0.15, 0.2) is 73.3 Å². The Bertz CT molecular complexity index is 1570. The van der Waals surface area contributed by atoms with Gasteiger partial charge in [-0.25, -0.2) is 4.98 Å². The largest absolute Gasteiger partial charge is 0.332 e. The van der Waals surface area contributed by atoms with E-state index < -0.39 is 0 Å². The maximum absolute atomic E-state index is 13.4. The molecule has 0 unspecified atom stereocenters. The molecule has 0 fully saturated rings. The number of nitrogens with one attached hydrogen (secondary N) is 1. The van der Waals surface area contributed by atoms with Crippen LogP contribution in [0.4, 0.5) is 5.69 Å². The van der Waals surface area contributed by atoms with E-state index in [0.29, 0.717) is 18.2 Å². The Morgan fingerprint density at radius 1 is 1.09 bits per heavy atom. The molecule has 4 nitrogen and oxygen atoms in total. The highest BCUT2D eigenvalue weighted by Gasteiger charge is 2.20. The van der Waals surface area contributed by atoms with Crippen LogP contribution in [0.25, 0.3) is 31.7 Å². The SMILES string of the molecule is C=CCn1c(C(=O)Nc2ccc(-c3nc4ccc(C)cc4s3)cc2)c(C)c2cc(C(C)C)ccc21. The molecule has 0 aliphatic carbocycles. The minimum atomic E-state index is -0.116. The number of rotatable bonds is 6. The summed E-state index contributed by atoms with van der Waals surface area (Å²) >= 11 is 1.68. The summed E-state index contributed by atoms with van der Waals surface area (Å²) in [4.78, 5) is 18.2. The fourth-order valence-electron chi connectivity index (χ4n) is 4.55. The lowest BCUT2D eigenvalue weighted by Gasteiger charge is -2.11. The molecule has 3 aromatic carbocycles. The van der Waals surface area contributed by atoms with Crippen LogP contribution in [-0.2, 0) is 6.54 Å². The van der Waals surface area contributed by atoms with Crippen molar-refractivity contribution in [3.8, 4) is 10.6 Å². The van der Waals surface area contributed by atoms with E-state index in [2.05, 4.69) is 73.6 Å². The van der Waals surface area contributed by atoms with Crippen molar-refractivity contribution in [1.82, 2.24) is 9.55 Å². The molecule has 0 radical (unpaired) electrons. The van der Waals surface area contributed by atoms with Crippen molar-refractivity contribution >= 4 is 44.1 Å². The number of aromatic nitrogens is 2. The lowest BCUT2D eigenvalue weighted by atomic mass is 10.0. The first-order valence-electron chi connectivity index (χ1n) is 11.9. The molecule has 35 heavy (non-hydrogen) atoms. The Labute approximate surface area is 209 Å². The van der Waals surface area contributed by atoms with E-state index >= 15 is 0 Å². The number of hydrogen-bond donors (Lipinski definition) is 1. The minimum absolute atomic E-state index is 0.116. The van der Waals surface area contributed by atoms with Crippen molar-refractivity contribution in [1.29, 1.82) is 0 Å². The van der Waals surface area contributed by atoms with Crippen LogP contribution >= 0.6 is 11.3 Å². The number of carbonyl (C=O) groups is 1. The topological polar surface area (TPSA) is 46.9 Å². The average molecular weight is 480 g/mol. The molecule has 0 atom stereocenters. The van der Waals surface area contributed by atoms with Gasteiger partial charge in [0.1, 0.15) is 10.7 Å². The van der Waals surface area contributed by atoms with Crippen LogP contribution in [0.1, 0.15) is 46.9 Å². The number of thiazole rings is 1. The quantitative estimate of drug-likeness (QED) is 0.250. The fraction of sp³-hybridized carbons (Fsp3) is 0.200. The summed E-state index contributed by atoms with van der Waals surface area (Å²) in [6.45, 7) is 13.0. The molecule has 2 aromatic heterocycles. The van der Waals surface area contributed by atoms with Gasteiger partial charge in [0.15, 0.2) is 0 Å². The van der Waals surface area contributed by atoms with Gasteiger partial charge in [-0.1, -0.05) is 32.1 Å². The van der Waals surface area contributed by atoms with Gasteiger partial charge in [-0.15, -0.1) is 17.9 Å². The minimum Gasteiger partial charge on any atom is -0.332 e. The van der Waals surface area contributed by atoms with Crippen molar-refractivity contribution < 1.29 is 4.79 Å². The second kappa shape index (κ2) is 9.16. The number of nitrogens with zero attached hydrogens (tertiary/aromatic N) is 2. The second-order valence-electron chi connectivity index (χ2n) is 9.33. The third-order valence-electron chi connectivity index (χ3n) is 6.47. The molecule has 0 aliphatic heterocycles. The summed E-state index contributed by atoms with van der Waals surface area (Å²) in [6.07, 6.45) is 1.83. The van der Waals surface area contributed by atoms with Crippen LogP contribution in [0.2, 0.25) is 0 Å².